The molecule has 1 fully saturated rings. The van der Waals surface area contributed by atoms with E-state index in [0.717, 1.165) is 38.5 Å². The number of ether oxygens (including phenoxy) is 2. The van der Waals surface area contributed by atoms with E-state index in [9.17, 15) is 19.5 Å². The molecule has 1 aromatic carbocycles. The Morgan fingerprint density at radius 1 is 1.12 bits per heavy atom. The zero-order valence-electron chi connectivity index (χ0n) is 20.1. The van der Waals surface area contributed by atoms with Crippen molar-refractivity contribution in [1.29, 1.82) is 0 Å². The lowest BCUT2D eigenvalue weighted by Crippen LogP contribution is -2.43. The Morgan fingerprint density at radius 3 is 2.47 bits per heavy atom. The quantitative estimate of drug-likeness (QED) is 0.387. The number of benzene rings is 1. The highest BCUT2D eigenvalue weighted by Crippen LogP contribution is 2.46. The van der Waals surface area contributed by atoms with Gasteiger partial charge < -0.3 is 19.9 Å². The third-order valence-electron chi connectivity index (χ3n) is 7.24. The van der Waals surface area contributed by atoms with Crippen molar-refractivity contribution in [3.05, 3.63) is 52.4 Å². The molecule has 182 valence electrons. The fourth-order valence-electron chi connectivity index (χ4n) is 5.56. The molecule has 7 nitrogen and oxygen atoms in total. The van der Waals surface area contributed by atoms with Gasteiger partial charge in [0.2, 0.25) is 0 Å². The molecule has 4 rings (SSSR count). The number of aromatic hydroxyl groups is 1. The van der Waals surface area contributed by atoms with Gasteiger partial charge >= 0.3 is 11.9 Å². The second-order valence-corrected chi connectivity index (χ2v) is 9.65. The number of rotatable bonds is 4. The van der Waals surface area contributed by atoms with Crippen LogP contribution in [-0.2, 0) is 23.9 Å². The molecule has 0 aromatic heterocycles. The van der Waals surface area contributed by atoms with Gasteiger partial charge in [-0.2, -0.15) is 0 Å². The van der Waals surface area contributed by atoms with Crippen molar-refractivity contribution in [3.63, 3.8) is 0 Å². The highest BCUT2D eigenvalue weighted by molar-refractivity contribution is 6.12. The fraction of sp³-hybridized carbons (Fsp3) is 0.519. The minimum absolute atomic E-state index is 0.0356. The van der Waals surface area contributed by atoms with Gasteiger partial charge in [-0.15, -0.1) is 0 Å². The Hall–Kier alpha value is -3.09. The van der Waals surface area contributed by atoms with E-state index in [1.807, 2.05) is 13.8 Å². The Balaban J connectivity index is 1.77. The van der Waals surface area contributed by atoms with Gasteiger partial charge in [0, 0.05) is 22.9 Å². The van der Waals surface area contributed by atoms with Gasteiger partial charge in [-0.3, -0.25) is 9.59 Å². The lowest BCUT2D eigenvalue weighted by molar-refractivity contribution is -0.151. The number of hydrogen-bond acceptors (Lipinski definition) is 7. The summed E-state index contributed by atoms with van der Waals surface area (Å²) in [6.07, 6.45) is 6.31. The number of carbonyl (C=O) groups is 3. The summed E-state index contributed by atoms with van der Waals surface area (Å²) in [5.74, 6) is -3.28. The third kappa shape index (κ3) is 4.61. The minimum atomic E-state index is -0.942. The molecule has 1 aromatic rings. The van der Waals surface area contributed by atoms with Gasteiger partial charge in [-0.25, -0.2) is 4.79 Å². The third-order valence-corrected chi connectivity index (χ3v) is 7.24. The molecule has 0 unspecified atom stereocenters. The Kier molecular flexibility index (Phi) is 7.10. The SMILES string of the molecule is COC(=O)[C@@H]1C(=O)C2=C(C[C@H]1C)NC(C)=C(C(=O)OC1CCCCCC1)[C@H]2c1cccc(O)c1. The lowest BCUT2D eigenvalue weighted by Gasteiger charge is -2.38. The average molecular weight is 468 g/mol. The van der Waals surface area contributed by atoms with E-state index in [1.54, 1.807) is 24.3 Å². The number of methoxy groups -OCH3 is 1. The van der Waals surface area contributed by atoms with Crippen LogP contribution in [0.25, 0.3) is 0 Å². The van der Waals surface area contributed by atoms with Crippen molar-refractivity contribution in [2.75, 3.05) is 7.11 Å². The van der Waals surface area contributed by atoms with Crippen LogP contribution in [0, 0.1) is 11.8 Å². The summed E-state index contributed by atoms with van der Waals surface area (Å²) in [6, 6.07) is 6.57. The number of nitrogens with one attached hydrogen (secondary N) is 1. The van der Waals surface area contributed by atoms with Crippen LogP contribution in [0.1, 0.15) is 70.3 Å². The normalized spacial score (nSPS) is 25.9. The van der Waals surface area contributed by atoms with Gasteiger partial charge in [0.1, 0.15) is 17.8 Å². The number of Topliss-reactive ketones (excluding diaryl/α,β-unsaturated/α-hetero) is 1. The minimum Gasteiger partial charge on any atom is -0.508 e. The van der Waals surface area contributed by atoms with E-state index in [-0.39, 0.29) is 23.6 Å². The van der Waals surface area contributed by atoms with Crippen LogP contribution in [0.5, 0.6) is 5.75 Å². The van der Waals surface area contributed by atoms with E-state index in [4.69, 9.17) is 9.47 Å². The molecule has 0 saturated heterocycles. The maximum absolute atomic E-state index is 13.7. The summed E-state index contributed by atoms with van der Waals surface area (Å²) in [4.78, 5) is 39.8. The van der Waals surface area contributed by atoms with Crippen molar-refractivity contribution in [3.8, 4) is 5.75 Å². The second kappa shape index (κ2) is 10.0. The van der Waals surface area contributed by atoms with Crippen molar-refractivity contribution in [1.82, 2.24) is 5.32 Å². The first-order chi connectivity index (χ1) is 16.3. The largest absolute Gasteiger partial charge is 0.508 e. The van der Waals surface area contributed by atoms with Crippen molar-refractivity contribution < 1.29 is 29.0 Å². The molecule has 1 saturated carbocycles. The standard InChI is InChI=1S/C27H33NO6/c1-15-13-20-24(25(30)21(15)26(31)33-3)23(17-9-8-10-18(29)14-17)22(16(2)28-20)27(32)34-19-11-6-4-5-7-12-19/h8-10,14-15,19,21,23,28-29H,4-7,11-13H2,1-3H3/t15-,21+,23-/m1/s1. The number of allylic oxidation sites excluding steroid dienone is 3. The van der Waals surface area contributed by atoms with Crippen molar-refractivity contribution in [2.45, 2.75) is 70.8 Å². The molecule has 0 radical (unpaired) electrons. The molecular formula is C27H33NO6. The zero-order chi connectivity index (χ0) is 24.4. The highest BCUT2D eigenvalue weighted by atomic mass is 16.5. The van der Waals surface area contributed by atoms with Crippen LogP contribution in [0.15, 0.2) is 46.8 Å². The molecule has 3 aliphatic rings. The number of ketones is 1. The monoisotopic (exact) mass is 467 g/mol. The van der Waals surface area contributed by atoms with Crippen molar-refractivity contribution in [2.24, 2.45) is 11.8 Å². The van der Waals surface area contributed by atoms with E-state index in [1.165, 1.54) is 7.11 Å². The molecular weight excluding hydrogens is 434 g/mol. The Bertz CT molecular complexity index is 1050. The summed E-state index contributed by atoms with van der Waals surface area (Å²) in [5, 5.41) is 13.5. The molecule has 2 aliphatic carbocycles. The Labute approximate surface area is 200 Å². The smallest absolute Gasteiger partial charge is 0.337 e. The van der Waals surface area contributed by atoms with Crippen LogP contribution in [0.2, 0.25) is 0 Å². The van der Waals surface area contributed by atoms with E-state index in [2.05, 4.69) is 5.32 Å². The first-order valence-electron chi connectivity index (χ1n) is 12.1. The Morgan fingerprint density at radius 2 is 1.82 bits per heavy atom. The maximum atomic E-state index is 13.7. The first kappa shape index (κ1) is 24.0. The van der Waals surface area contributed by atoms with Gasteiger partial charge in [-0.1, -0.05) is 31.9 Å². The summed E-state index contributed by atoms with van der Waals surface area (Å²) < 4.78 is 10.9. The second-order valence-electron chi connectivity index (χ2n) is 9.65. The number of esters is 2. The van der Waals surface area contributed by atoms with E-state index in [0.29, 0.717) is 34.5 Å². The van der Waals surface area contributed by atoms with E-state index < -0.39 is 23.8 Å². The topological polar surface area (TPSA) is 102 Å². The molecule has 0 spiro atoms. The van der Waals surface area contributed by atoms with Crippen LogP contribution >= 0.6 is 0 Å². The predicted molar refractivity (Wildman–Crippen MR) is 126 cm³/mol. The lowest BCUT2D eigenvalue weighted by atomic mass is 9.69. The van der Waals surface area contributed by atoms with Crippen LogP contribution < -0.4 is 5.32 Å². The van der Waals surface area contributed by atoms with Crippen LogP contribution in [0.3, 0.4) is 0 Å². The van der Waals surface area contributed by atoms with Crippen LogP contribution in [-0.4, -0.2) is 36.0 Å². The van der Waals surface area contributed by atoms with Gasteiger partial charge in [0.15, 0.2) is 5.78 Å². The molecule has 7 heteroatoms. The van der Waals surface area contributed by atoms with Crippen LogP contribution in [0.4, 0.5) is 0 Å². The number of hydrogen-bond donors (Lipinski definition) is 2. The predicted octanol–water partition coefficient (Wildman–Crippen LogP) is 4.27. The molecule has 1 heterocycles. The molecule has 2 N–H and O–H groups in total. The highest BCUT2D eigenvalue weighted by Gasteiger charge is 2.47. The number of phenols is 1. The maximum Gasteiger partial charge on any atom is 0.337 e. The summed E-state index contributed by atoms with van der Waals surface area (Å²) in [7, 11) is 1.28. The zero-order valence-corrected chi connectivity index (χ0v) is 20.1. The molecule has 0 bridgehead atoms. The summed E-state index contributed by atoms with van der Waals surface area (Å²) in [6.45, 7) is 3.66. The number of phenolic OH excluding ortho intramolecular Hbond substituents is 1. The van der Waals surface area contributed by atoms with Gasteiger partial charge in [-0.05, 0) is 62.6 Å². The molecule has 3 atom stereocenters. The summed E-state index contributed by atoms with van der Waals surface area (Å²) >= 11 is 0. The van der Waals surface area contributed by atoms with Gasteiger partial charge in [0.05, 0.1) is 12.7 Å². The molecule has 1 aliphatic heterocycles. The molecule has 34 heavy (non-hydrogen) atoms. The number of dihydropyridines is 1. The van der Waals surface area contributed by atoms with Gasteiger partial charge in [0.25, 0.3) is 0 Å². The average Bonchev–Trinajstić information content (AvgIpc) is 3.06. The number of carbonyl (C=O) groups excluding carboxylic acids is 3. The summed E-state index contributed by atoms with van der Waals surface area (Å²) in [5.41, 5.74) is 2.65. The van der Waals surface area contributed by atoms with E-state index >= 15 is 0 Å². The van der Waals surface area contributed by atoms with Crippen molar-refractivity contribution >= 4 is 17.7 Å². The fourth-order valence-corrected chi connectivity index (χ4v) is 5.56. The molecule has 0 amide bonds. The first-order valence-corrected chi connectivity index (χ1v) is 12.1.